The highest BCUT2D eigenvalue weighted by molar-refractivity contribution is 7.99. The molecule has 0 radical (unpaired) electrons. The zero-order chi connectivity index (χ0) is 10.4. The average Bonchev–Trinajstić information content (AvgIpc) is 2.15. The maximum Gasteiger partial charge on any atom is 0.328 e. The number of rotatable bonds is 4. The number of thioether (sulfide) groups is 1. The van der Waals surface area contributed by atoms with Crippen LogP contribution in [-0.2, 0) is 4.79 Å². The van der Waals surface area contributed by atoms with Gasteiger partial charge in [-0.15, -0.1) is 0 Å². The fraction of sp³-hybridized carbons (Fsp3) is 0.222. The predicted octanol–water partition coefficient (Wildman–Crippen LogP) is 1.60. The number of hydrogen-bond donors (Lipinski definition) is 1. The summed E-state index contributed by atoms with van der Waals surface area (Å²) in [5.41, 5.74) is 0.787. The van der Waals surface area contributed by atoms with Gasteiger partial charge >= 0.3 is 5.97 Å². The highest BCUT2D eigenvalue weighted by Crippen LogP contribution is 2.14. The Labute approximate surface area is 86.1 Å². The summed E-state index contributed by atoms with van der Waals surface area (Å²) in [4.78, 5) is 18.3. The summed E-state index contributed by atoms with van der Waals surface area (Å²) >= 11 is 1.42. The molecule has 0 spiro atoms. The molecular formula is C9H10N2O2S. The first kappa shape index (κ1) is 10.7. The molecule has 1 aromatic rings. The molecule has 4 nitrogen and oxygen atoms in total. The molecule has 0 aliphatic heterocycles. The number of carbonyl (C=O) groups is 1. The Kier molecular flexibility index (Phi) is 4.12. The summed E-state index contributed by atoms with van der Waals surface area (Å²) in [6.07, 6.45) is 4.51. The van der Waals surface area contributed by atoms with Gasteiger partial charge in [-0.2, -0.15) is 0 Å². The van der Waals surface area contributed by atoms with Crippen LogP contribution in [-0.4, -0.2) is 26.8 Å². The van der Waals surface area contributed by atoms with Crippen LogP contribution in [0, 0.1) is 0 Å². The number of aromatic nitrogens is 2. The molecule has 0 atom stereocenters. The molecule has 0 unspecified atom stereocenters. The quantitative estimate of drug-likeness (QED) is 0.464. The smallest absolute Gasteiger partial charge is 0.328 e. The van der Waals surface area contributed by atoms with Crippen LogP contribution >= 0.6 is 11.8 Å². The van der Waals surface area contributed by atoms with Crippen molar-refractivity contribution in [3.05, 3.63) is 30.1 Å². The van der Waals surface area contributed by atoms with Crippen LogP contribution in [0.4, 0.5) is 0 Å². The molecule has 1 aromatic heterocycles. The third-order valence-electron chi connectivity index (χ3n) is 1.34. The molecule has 14 heavy (non-hydrogen) atoms. The standard InChI is InChI=1S/C9H10N2O2S/c1-7(5-8(12)13)6-14-9-10-3-2-4-11-9/h2-5H,6H2,1H3,(H,12,13). The Bertz CT molecular complexity index is 338. The van der Waals surface area contributed by atoms with Crippen molar-refractivity contribution in [2.75, 3.05) is 5.75 Å². The van der Waals surface area contributed by atoms with Gasteiger partial charge < -0.3 is 5.11 Å². The lowest BCUT2D eigenvalue weighted by Crippen LogP contribution is -1.93. The van der Waals surface area contributed by atoms with Crippen LogP contribution < -0.4 is 0 Å². The zero-order valence-corrected chi connectivity index (χ0v) is 8.49. The van der Waals surface area contributed by atoms with Crippen molar-refractivity contribution in [3.8, 4) is 0 Å². The van der Waals surface area contributed by atoms with Crippen LogP contribution in [0.15, 0.2) is 35.3 Å². The molecule has 0 saturated heterocycles. The lowest BCUT2D eigenvalue weighted by molar-refractivity contribution is -0.131. The van der Waals surface area contributed by atoms with Gasteiger partial charge in [0.15, 0.2) is 5.16 Å². The molecule has 0 aliphatic rings. The Hall–Kier alpha value is -1.36. The molecule has 0 fully saturated rings. The Morgan fingerprint density at radius 2 is 2.21 bits per heavy atom. The Morgan fingerprint density at radius 1 is 1.57 bits per heavy atom. The van der Waals surface area contributed by atoms with E-state index in [4.69, 9.17) is 5.11 Å². The van der Waals surface area contributed by atoms with E-state index >= 15 is 0 Å². The summed E-state index contributed by atoms with van der Waals surface area (Å²) in [5, 5.41) is 9.12. The maximum absolute atomic E-state index is 10.3. The number of aliphatic carboxylic acids is 1. The van der Waals surface area contributed by atoms with Crippen LogP contribution in [0.2, 0.25) is 0 Å². The SMILES string of the molecule is CC(=CC(=O)O)CSc1ncccn1. The second kappa shape index (κ2) is 5.39. The topological polar surface area (TPSA) is 63.1 Å². The van der Waals surface area contributed by atoms with E-state index in [0.717, 1.165) is 5.57 Å². The van der Waals surface area contributed by atoms with Gasteiger partial charge in [0.05, 0.1) is 0 Å². The van der Waals surface area contributed by atoms with E-state index in [0.29, 0.717) is 10.9 Å². The first-order chi connectivity index (χ1) is 6.68. The first-order valence-corrected chi connectivity index (χ1v) is 4.97. The summed E-state index contributed by atoms with van der Waals surface area (Å²) < 4.78 is 0. The molecule has 0 saturated carbocycles. The fourth-order valence-electron chi connectivity index (χ4n) is 0.791. The largest absolute Gasteiger partial charge is 0.478 e. The molecule has 1 N–H and O–H groups in total. The molecule has 0 bridgehead atoms. The second-order valence-electron chi connectivity index (χ2n) is 2.65. The van der Waals surface area contributed by atoms with Crippen LogP contribution in [0.1, 0.15) is 6.92 Å². The van der Waals surface area contributed by atoms with Crippen molar-refractivity contribution in [3.63, 3.8) is 0 Å². The van der Waals surface area contributed by atoms with Crippen molar-refractivity contribution >= 4 is 17.7 Å². The van der Waals surface area contributed by atoms with Gasteiger partial charge in [0.2, 0.25) is 0 Å². The summed E-state index contributed by atoms with van der Waals surface area (Å²) in [6, 6.07) is 1.74. The van der Waals surface area contributed by atoms with Crippen LogP contribution in [0.3, 0.4) is 0 Å². The van der Waals surface area contributed by atoms with Crippen molar-refractivity contribution in [1.82, 2.24) is 9.97 Å². The lowest BCUT2D eigenvalue weighted by atomic mass is 10.3. The third kappa shape index (κ3) is 4.04. The van der Waals surface area contributed by atoms with Gasteiger partial charge in [0.25, 0.3) is 0 Å². The van der Waals surface area contributed by atoms with E-state index in [1.807, 2.05) is 0 Å². The van der Waals surface area contributed by atoms with Crippen molar-refractivity contribution in [2.24, 2.45) is 0 Å². The summed E-state index contributed by atoms with van der Waals surface area (Å²) in [7, 11) is 0. The number of hydrogen-bond acceptors (Lipinski definition) is 4. The third-order valence-corrected chi connectivity index (χ3v) is 2.41. The summed E-state index contributed by atoms with van der Waals surface area (Å²) in [6.45, 7) is 1.77. The van der Waals surface area contributed by atoms with Gasteiger partial charge in [-0.3, -0.25) is 0 Å². The van der Waals surface area contributed by atoms with E-state index < -0.39 is 5.97 Å². The van der Waals surface area contributed by atoms with E-state index in [1.165, 1.54) is 17.8 Å². The number of nitrogens with zero attached hydrogens (tertiary/aromatic N) is 2. The van der Waals surface area contributed by atoms with E-state index in [2.05, 4.69) is 9.97 Å². The van der Waals surface area contributed by atoms with E-state index in [-0.39, 0.29) is 0 Å². The average molecular weight is 210 g/mol. The molecule has 5 heteroatoms. The van der Waals surface area contributed by atoms with Crippen molar-refractivity contribution in [2.45, 2.75) is 12.1 Å². The molecule has 0 aromatic carbocycles. The van der Waals surface area contributed by atoms with Gasteiger partial charge in [-0.25, -0.2) is 14.8 Å². The van der Waals surface area contributed by atoms with Crippen LogP contribution in [0.25, 0.3) is 0 Å². The highest BCUT2D eigenvalue weighted by Gasteiger charge is 1.98. The first-order valence-electron chi connectivity index (χ1n) is 3.98. The fourth-order valence-corrected chi connectivity index (χ4v) is 1.50. The molecule has 1 rings (SSSR count). The number of carboxylic acids is 1. The Balaban J connectivity index is 2.45. The predicted molar refractivity (Wildman–Crippen MR) is 54.1 cm³/mol. The molecular weight excluding hydrogens is 200 g/mol. The normalized spacial score (nSPS) is 11.4. The summed E-state index contributed by atoms with van der Waals surface area (Å²) in [5.74, 6) is -0.326. The Morgan fingerprint density at radius 3 is 2.79 bits per heavy atom. The van der Waals surface area contributed by atoms with Crippen molar-refractivity contribution < 1.29 is 9.90 Å². The second-order valence-corrected chi connectivity index (χ2v) is 3.59. The van der Waals surface area contributed by atoms with Crippen LogP contribution in [0.5, 0.6) is 0 Å². The van der Waals surface area contributed by atoms with E-state index in [9.17, 15) is 4.79 Å². The zero-order valence-electron chi connectivity index (χ0n) is 7.67. The lowest BCUT2D eigenvalue weighted by Gasteiger charge is -1.98. The molecule has 1 heterocycles. The van der Waals surface area contributed by atoms with Gasteiger partial charge in [0.1, 0.15) is 0 Å². The minimum absolute atomic E-state index is 0.594. The molecule has 0 aliphatic carbocycles. The highest BCUT2D eigenvalue weighted by atomic mass is 32.2. The molecule has 74 valence electrons. The van der Waals surface area contributed by atoms with Gasteiger partial charge in [0, 0.05) is 24.2 Å². The maximum atomic E-state index is 10.3. The minimum atomic E-state index is -0.919. The van der Waals surface area contributed by atoms with E-state index in [1.54, 1.807) is 25.4 Å². The van der Waals surface area contributed by atoms with Gasteiger partial charge in [-0.05, 0) is 13.0 Å². The molecule has 0 amide bonds. The van der Waals surface area contributed by atoms with Gasteiger partial charge in [-0.1, -0.05) is 17.3 Å². The minimum Gasteiger partial charge on any atom is -0.478 e. The van der Waals surface area contributed by atoms with Crippen molar-refractivity contribution in [1.29, 1.82) is 0 Å². The number of carboxylic acid groups (broad SMARTS) is 1. The monoisotopic (exact) mass is 210 g/mol.